The molecule has 0 amide bonds. The SMILES string of the molecule is CCOC(=O)c1ccc(S)cc1C(F)(F)F. The Morgan fingerprint density at radius 2 is 2.06 bits per heavy atom. The third kappa shape index (κ3) is 2.91. The van der Waals surface area contributed by atoms with Crippen LogP contribution >= 0.6 is 12.6 Å². The highest BCUT2D eigenvalue weighted by atomic mass is 32.1. The Morgan fingerprint density at radius 3 is 2.56 bits per heavy atom. The second-order valence-electron chi connectivity index (χ2n) is 2.95. The molecule has 0 aliphatic rings. The Balaban J connectivity index is 3.23. The molecule has 0 spiro atoms. The molecule has 0 N–H and O–H groups in total. The molecule has 0 bridgehead atoms. The van der Waals surface area contributed by atoms with Crippen LogP contribution in [0.5, 0.6) is 0 Å². The lowest BCUT2D eigenvalue weighted by Gasteiger charge is -2.12. The second kappa shape index (κ2) is 4.78. The number of ether oxygens (including phenoxy) is 1. The summed E-state index contributed by atoms with van der Waals surface area (Å²) in [4.78, 5) is 11.4. The van der Waals surface area contributed by atoms with Crippen molar-refractivity contribution >= 4 is 18.6 Å². The summed E-state index contributed by atoms with van der Waals surface area (Å²) in [5.74, 6) is -0.983. The molecule has 0 saturated heterocycles. The lowest BCUT2D eigenvalue weighted by Crippen LogP contribution is -2.15. The molecule has 0 radical (unpaired) electrons. The van der Waals surface area contributed by atoms with E-state index in [1.54, 1.807) is 0 Å². The van der Waals surface area contributed by atoms with Crippen LogP contribution in [0.1, 0.15) is 22.8 Å². The smallest absolute Gasteiger partial charge is 0.417 e. The van der Waals surface area contributed by atoms with Gasteiger partial charge in [0.25, 0.3) is 0 Å². The predicted octanol–water partition coefficient (Wildman–Crippen LogP) is 3.17. The first-order chi connectivity index (χ1) is 7.36. The minimum Gasteiger partial charge on any atom is -0.462 e. The number of thiol groups is 1. The van der Waals surface area contributed by atoms with E-state index in [0.717, 1.165) is 12.1 Å². The molecule has 1 aromatic rings. The van der Waals surface area contributed by atoms with Crippen LogP contribution in [-0.4, -0.2) is 12.6 Å². The summed E-state index contributed by atoms with van der Waals surface area (Å²) in [7, 11) is 0. The summed E-state index contributed by atoms with van der Waals surface area (Å²) in [5, 5.41) is 0. The van der Waals surface area contributed by atoms with Crippen LogP contribution in [0.25, 0.3) is 0 Å². The van der Waals surface area contributed by atoms with Crippen LogP contribution in [0.4, 0.5) is 13.2 Å². The first-order valence-electron chi connectivity index (χ1n) is 4.43. The number of hydrogen-bond acceptors (Lipinski definition) is 3. The molecule has 0 aliphatic carbocycles. The molecule has 6 heteroatoms. The van der Waals surface area contributed by atoms with Crippen molar-refractivity contribution in [3.05, 3.63) is 29.3 Å². The molecule has 0 aliphatic heterocycles. The zero-order valence-corrected chi connectivity index (χ0v) is 9.23. The minimum atomic E-state index is -4.60. The van der Waals surface area contributed by atoms with Crippen molar-refractivity contribution in [2.24, 2.45) is 0 Å². The summed E-state index contributed by atoms with van der Waals surface area (Å²) < 4.78 is 42.3. The monoisotopic (exact) mass is 250 g/mol. The highest BCUT2D eigenvalue weighted by Gasteiger charge is 2.35. The lowest BCUT2D eigenvalue weighted by molar-refractivity contribution is -0.138. The first kappa shape index (κ1) is 12.9. The zero-order valence-electron chi connectivity index (χ0n) is 8.34. The van der Waals surface area contributed by atoms with Gasteiger partial charge < -0.3 is 4.74 Å². The molecule has 2 nitrogen and oxygen atoms in total. The van der Waals surface area contributed by atoms with Crippen molar-refractivity contribution in [1.82, 2.24) is 0 Å². The Labute approximate surface area is 95.8 Å². The van der Waals surface area contributed by atoms with Crippen LogP contribution in [0.3, 0.4) is 0 Å². The second-order valence-corrected chi connectivity index (χ2v) is 3.46. The molecule has 0 aromatic heterocycles. The number of alkyl halides is 3. The van der Waals surface area contributed by atoms with Gasteiger partial charge in [0.05, 0.1) is 17.7 Å². The van der Waals surface area contributed by atoms with Crippen LogP contribution in [0.2, 0.25) is 0 Å². The number of halogens is 3. The van der Waals surface area contributed by atoms with E-state index in [9.17, 15) is 18.0 Å². The van der Waals surface area contributed by atoms with Gasteiger partial charge in [-0.25, -0.2) is 4.79 Å². The normalized spacial score (nSPS) is 11.3. The lowest BCUT2D eigenvalue weighted by atomic mass is 10.1. The van der Waals surface area contributed by atoms with Gasteiger partial charge in [0, 0.05) is 4.90 Å². The van der Waals surface area contributed by atoms with E-state index in [1.807, 2.05) is 0 Å². The standard InChI is InChI=1S/C10H9F3O2S/c1-2-15-9(14)7-4-3-6(16)5-8(7)10(11,12)13/h3-5,16H,2H2,1H3. The van der Waals surface area contributed by atoms with E-state index in [2.05, 4.69) is 17.4 Å². The number of benzene rings is 1. The molecular weight excluding hydrogens is 241 g/mol. The van der Waals surface area contributed by atoms with Crippen molar-refractivity contribution in [3.8, 4) is 0 Å². The largest absolute Gasteiger partial charge is 0.462 e. The quantitative estimate of drug-likeness (QED) is 0.644. The number of hydrogen-bond donors (Lipinski definition) is 1. The Bertz CT molecular complexity index is 402. The van der Waals surface area contributed by atoms with Gasteiger partial charge in [-0.2, -0.15) is 13.2 Å². The van der Waals surface area contributed by atoms with E-state index < -0.39 is 23.3 Å². The maximum Gasteiger partial charge on any atom is 0.417 e. The summed E-state index contributed by atoms with van der Waals surface area (Å²) in [6.07, 6.45) is -4.60. The number of carbonyl (C=O) groups is 1. The van der Waals surface area contributed by atoms with E-state index in [0.29, 0.717) is 0 Å². The maximum absolute atomic E-state index is 12.6. The Morgan fingerprint density at radius 1 is 1.44 bits per heavy atom. The van der Waals surface area contributed by atoms with Crippen molar-refractivity contribution in [2.75, 3.05) is 6.61 Å². The Kier molecular flexibility index (Phi) is 3.85. The number of rotatable bonds is 2. The fraction of sp³-hybridized carbons (Fsp3) is 0.300. The van der Waals surface area contributed by atoms with Crippen molar-refractivity contribution < 1.29 is 22.7 Å². The average Bonchev–Trinajstić information content (AvgIpc) is 2.16. The van der Waals surface area contributed by atoms with Gasteiger partial charge in [0.15, 0.2) is 0 Å². The summed E-state index contributed by atoms with van der Waals surface area (Å²) >= 11 is 3.80. The Hall–Kier alpha value is -1.17. The topological polar surface area (TPSA) is 26.3 Å². The van der Waals surface area contributed by atoms with Gasteiger partial charge >= 0.3 is 12.1 Å². The average molecular weight is 250 g/mol. The van der Waals surface area contributed by atoms with Gasteiger partial charge in [-0.15, -0.1) is 12.6 Å². The fourth-order valence-electron chi connectivity index (χ4n) is 1.15. The van der Waals surface area contributed by atoms with Crippen molar-refractivity contribution in [2.45, 2.75) is 18.0 Å². The molecule has 0 fully saturated rings. The van der Waals surface area contributed by atoms with Crippen molar-refractivity contribution in [3.63, 3.8) is 0 Å². The summed E-state index contributed by atoms with van der Waals surface area (Å²) in [5.41, 5.74) is -1.52. The summed E-state index contributed by atoms with van der Waals surface area (Å²) in [6.45, 7) is 1.55. The van der Waals surface area contributed by atoms with Gasteiger partial charge in [0.2, 0.25) is 0 Å². The number of carbonyl (C=O) groups excluding carboxylic acids is 1. The number of esters is 1. The van der Waals surface area contributed by atoms with E-state index >= 15 is 0 Å². The van der Waals surface area contributed by atoms with E-state index in [4.69, 9.17) is 0 Å². The maximum atomic E-state index is 12.6. The van der Waals surface area contributed by atoms with Crippen LogP contribution in [0.15, 0.2) is 23.1 Å². The van der Waals surface area contributed by atoms with E-state index in [-0.39, 0.29) is 11.5 Å². The molecule has 0 saturated carbocycles. The first-order valence-corrected chi connectivity index (χ1v) is 4.88. The third-order valence-electron chi connectivity index (χ3n) is 1.80. The van der Waals surface area contributed by atoms with Gasteiger partial charge in [-0.1, -0.05) is 0 Å². The van der Waals surface area contributed by atoms with Crippen LogP contribution < -0.4 is 0 Å². The molecular formula is C10H9F3O2S. The van der Waals surface area contributed by atoms with Gasteiger partial charge in [0.1, 0.15) is 0 Å². The molecule has 1 rings (SSSR count). The van der Waals surface area contributed by atoms with Crippen molar-refractivity contribution in [1.29, 1.82) is 0 Å². The molecule has 0 heterocycles. The molecule has 1 aromatic carbocycles. The highest BCUT2D eigenvalue weighted by molar-refractivity contribution is 7.80. The summed E-state index contributed by atoms with van der Waals surface area (Å²) in [6, 6.07) is 3.17. The van der Waals surface area contributed by atoms with Gasteiger partial charge in [-0.05, 0) is 25.1 Å². The molecule has 16 heavy (non-hydrogen) atoms. The van der Waals surface area contributed by atoms with E-state index in [1.165, 1.54) is 13.0 Å². The molecule has 0 atom stereocenters. The van der Waals surface area contributed by atoms with Crippen LogP contribution in [0, 0.1) is 0 Å². The fourth-order valence-corrected chi connectivity index (χ4v) is 1.36. The highest BCUT2D eigenvalue weighted by Crippen LogP contribution is 2.33. The molecule has 0 unspecified atom stereocenters. The third-order valence-corrected chi connectivity index (χ3v) is 2.08. The predicted molar refractivity (Wildman–Crippen MR) is 54.7 cm³/mol. The minimum absolute atomic E-state index is 0.0265. The van der Waals surface area contributed by atoms with Gasteiger partial charge in [-0.3, -0.25) is 0 Å². The molecule has 88 valence electrons. The van der Waals surface area contributed by atoms with Crippen LogP contribution in [-0.2, 0) is 10.9 Å². The zero-order chi connectivity index (χ0) is 12.3.